The number of rotatable bonds is 5. The van der Waals surface area contributed by atoms with Crippen LogP contribution in [0.15, 0.2) is 30.6 Å². The van der Waals surface area contributed by atoms with Gasteiger partial charge >= 0.3 is 6.18 Å². The van der Waals surface area contributed by atoms with Crippen molar-refractivity contribution in [3.63, 3.8) is 0 Å². The molecule has 0 radical (unpaired) electrons. The van der Waals surface area contributed by atoms with E-state index in [9.17, 15) is 18.0 Å². The first-order valence-electron chi connectivity index (χ1n) is 7.05. The van der Waals surface area contributed by atoms with Gasteiger partial charge in [-0.15, -0.1) is 0 Å². The number of benzene rings is 1. The number of nitrogens with one attached hydrogen (secondary N) is 2. The molecule has 0 aliphatic carbocycles. The predicted octanol–water partition coefficient (Wildman–Crippen LogP) is 4.22. The molecule has 0 aliphatic rings. The molecule has 0 saturated heterocycles. The van der Waals surface area contributed by atoms with Gasteiger partial charge in [0.25, 0.3) is 5.91 Å². The average molecular weight is 359 g/mol. The summed E-state index contributed by atoms with van der Waals surface area (Å²) in [6.07, 6.45) is -1.08. The minimum Gasteiger partial charge on any atom is -0.369 e. The quantitative estimate of drug-likeness (QED) is 0.839. The maximum absolute atomic E-state index is 12.8. The fourth-order valence-corrected chi connectivity index (χ4v) is 2.03. The molecule has 0 fully saturated rings. The van der Waals surface area contributed by atoms with Gasteiger partial charge in [0.05, 0.1) is 23.0 Å². The normalized spacial score (nSPS) is 11.2. The fourth-order valence-electron chi connectivity index (χ4n) is 1.81. The maximum Gasteiger partial charge on any atom is 0.417 e. The average Bonchev–Trinajstić information content (AvgIpc) is 2.54. The number of amides is 1. The largest absolute Gasteiger partial charge is 0.417 e. The first-order valence-corrected chi connectivity index (χ1v) is 7.43. The zero-order valence-corrected chi connectivity index (χ0v) is 13.4. The second kappa shape index (κ2) is 7.48. The van der Waals surface area contributed by atoms with E-state index < -0.39 is 22.7 Å². The van der Waals surface area contributed by atoms with Gasteiger partial charge in [-0.05, 0) is 24.6 Å². The van der Waals surface area contributed by atoms with Crippen LogP contribution in [0.2, 0.25) is 5.02 Å². The molecular formula is C15H14ClF3N4O. The number of hydrogen-bond acceptors (Lipinski definition) is 4. The van der Waals surface area contributed by atoms with E-state index >= 15 is 0 Å². The molecule has 0 atom stereocenters. The molecule has 1 heterocycles. The fraction of sp³-hybridized carbons (Fsp3) is 0.267. The Bertz CT molecular complexity index is 720. The highest BCUT2D eigenvalue weighted by Crippen LogP contribution is 2.36. The number of carbonyl (C=O) groups is 1. The summed E-state index contributed by atoms with van der Waals surface area (Å²) < 4.78 is 38.4. The summed E-state index contributed by atoms with van der Waals surface area (Å²) in [4.78, 5) is 20.0. The van der Waals surface area contributed by atoms with E-state index in [2.05, 4.69) is 20.6 Å². The summed E-state index contributed by atoms with van der Waals surface area (Å²) >= 11 is 5.53. The molecule has 0 bridgehead atoms. The van der Waals surface area contributed by atoms with E-state index in [0.717, 1.165) is 18.6 Å². The van der Waals surface area contributed by atoms with Gasteiger partial charge in [0.15, 0.2) is 0 Å². The molecule has 2 rings (SSSR count). The van der Waals surface area contributed by atoms with Crippen LogP contribution in [0.1, 0.15) is 29.4 Å². The molecule has 2 aromatic rings. The number of aromatic nitrogens is 2. The van der Waals surface area contributed by atoms with E-state index in [1.54, 1.807) is 0 Å². The number of carbonyl (C=O) groups excluding carboxylic acids is 1. The van der Waals surface area contributed by atoms with Crippen molar-refractivity contribution in [2.45, 2.75) is 19.5 Å². The molecular weight excluding hydrogens is 345 g/mol. The van der Waals surface area contributed by atoms with Crippen LogP contribution in [0, 0.1) is 0 Å². The Morgan fingerprint density at radius 2 is 2.00 bits per heavy atom. The van der Waals surface area contributed by atoms with Crippen molar-refractivity contribution >= 4 is 29.0 Å². The second-order valence-electron chi connectivity index (χ2n) is 4.86. The van der Waals surface area contributed by atoms with Crippen LogP contribution in [0.25, 0.3) is 0 Å². The van der Waals surface area contributed by atoms with Crippen molar-refractivity contribution in [1.82, 2.24) is 9.97 Å². The molecule has 24 heavy (non-hydrogen) atoms. The number of anilines is 2. The summed E-state index contributed by atoms with van der Waals surface area (Å²) in [5, 5.41) is 4.90. The monoisotopic (exact) mass is 358 g/mol. The van der Waals surface area contributed by atoms with Crippen molar-refractivity contribution < 1.29 is 18.0 Å². The number of halogens is 4. The zero-order chi connectivity index (χ0) is 17.7. The van der Waals surface area contributed by atoms with Crippen molar-refractivity contribution in [3.8, 4) is 0 Å². The van der Waals surface area contributed by atoms with Gasteiger partial charge in [-0.25, -0.2) is 9.97 Å². The molecule has 128 valence electrons. The number of nitrogens with zero attached hydrogens (tertiary/aromatic N) is 2. The number of hydrogen-bond donors (Lipinski definition) is 2. The van der Waals surface area contributed by atoms with Crippen LogP contribution < -0.4 is 10.6 Å². The summed E-state index contributed by atoms with van der Waals surface area (Å²) in [5.74, 6) is -0.153. The molecule has 1 aromatic heterocycles. The van der Waals surface area contributed by atoms with E-state index in [1.165, 1.54) is 18.5 Å². The summed E-state index contributed by atoms with van der Waals surface area (Å²) in [6.45, 7) is 2.70. The highest BCUT2D eigenvalue weighted by molar-refractivity contribution is 6.31. The maximum atomic E-state index is 12.8. The Balaban J connectivity index is 2.12. The molecule has 0 saturated carbocycles. The topological polar surface area (TPSA) is 66.9 Å². The lowest BCUT2D eigenvalue weighted by atomic mass is 10.2. The van der Waals surface area contributed by atoms with Crippen molar-refractivity contribution in [2.75, 3.05) is 17.2 Å². The van der Waals surface area contributed by atoms with E-state index in [1.807, 2.05) is 6.92 Å². The highest BCUT2D eigenvalue weighted by Gasteiger charge is 2.33. The third kappa shape index (κ3) is 4.58. The first-order chi connectivity index (χ1) is 11.3. The van der Waals surface area contributed by atoms with Crippen molar-refractivity contribution in [2.24, 2.45) is 0 Å². The van der Waals surface area contributed by atoms with Gasteiger partial charge in [0.2, 0.25) is 0 Å². The van der Waals surface area contributed by atoms with Gasteiger partial charge in [0, 0.05) is 12.2 Å². The molecule has 0 unspecified atom stereocenters. The van der Waals surface area contributed by atoms with Gasteiger partial charge in [0.1, 0.15) is 11.5 Å². The van der Waals surface area contributed by atoms with Crippen LogP contribution in [0.3, 0.4) is 0 Å². The molecule has 0 aliphatic heterocycles. The minimum absolute atomic E-state index is 0.0134. The van der Waals surface area contributed by atoms with Gasteiger partial charge in [-0.2, -0.15) is 13.2 Å². The smallest absolute Gasteiger partial charge is 0.369 e. The minimum atomic E-state index is -4.61. The third-order valence-electron chi connectivity index (χ3n) is 2.97. The summed E-state index contributed by atoms with van der Waals surface area (Å²) in [5.41, 5.74) is -1.07. The van der Waals surface area contributed by atoms with E-state index in [0.29, 0.717) is 12.4 Å². The lowest BCUT2D eigenvalue weighted by Crippen LogP contribution is -2.15. The Kier molecular flexibility index (Phi) is 5.61. The summed E-state index contributed by atoms with van der Waals surface area (Å²) in [6, 6.07) is 3.12. The van der Waals surface area contributed by atoms with Crippen LogP contribution in [-0.4, -0.2) is 22.4 Å². The molecule has 1 aromatic carbocycles. The zero-order valence-electron chi connectivity index (χ0n) is 12.6. The van der Waals surface area contributed by atoms with Gasteiger partial charge in [-0.1, -0.05) is 18.5 Å². The van der Waals surface area contributed by atoms with Crippen molar-refractivity contribution in [1.29, 1.82) is 0 Å². The van der Waals surface area contributed by atoms with E-state index in [4.69, 9.17) is 11.6 Å². The van der Waals surface area contributed by atoms with Crippen LogP contribution in [-0.2, 0) is 6.18 Å². The highest BCUT2D eigenvalue weighted by atomic mass is 35.5. The molecule has 1 amide bonds. The van der Waals surface area contributed by atoms with Gasteiger partial charge in [-0.3, -0.25) is 4.79 Å². The predicted molar refractivity (Wildman–Crippen MR) is 85.2 cm³/mol. The third-order valence-corrected chi connectivity index (χ3v) is 3.30. The molecule has 0 spiro atoms. The Labute approximate surface area is 141 Å². The Morgan fingerprint density at radius 3 is 2.58 bits per heavy atom. The first kappa shape index (κ1) is 18.0. The Morgan fingerprint density at radius 1 is 1.25 bits per heavy atom. The van der Waals surface area contributed by atoms with Crippen LogP contribution in [0.4, 0.5) is 24.7 Å². The van der Waals surface area contributed by atoms with Gasteiger partial charge < -0.3 is 10.6 Å². The lowest BCUT2D eigenvalue weighted by Gasteiger charge is -2.11. The Hall–Kier alpha value is -2.35. The van der Waals surface area contributed by atoms with Crippen LogP contribution in [0.5, 0.6) is 0 Å². The van der Waals surface area contributed by atoms with Crippen LogP contribution >= 0.6 is 11.6 Å². The molecule has 2 N–H and O–H groups in total. The van der Waals surface area contributed by atoms with Crippen molar-refractivity contribution in [3.05, 3.63) is 46.9 Å². The number of alkyl halides is 3. The standard InChI is InChI=1S/C15H14ClF3N4O/c1-2-5-20-13-8-21-12(7-22-13)14(24)23-9-3-4-11(16)10(6-9)15(17,18)19/h3-4,6-8H,2,5H2,1H3,(H,20,22)(H,23,24). The lowest BCUT2D eigenvalue weighted by molar-refractivity contribution is -0.137. The second-order valence-corrected chi connectivity index (χ2v) is 5.27. The summed E-state index contributed by atoms with van der Waals surface area (Å²) in [7, 11) is 0. The molecule has 9 heteroatoms. The SMILES string of the molecule is CCCNc1cnc(C(=O)Nc2ccc(Cl)c(C(F)(F)F)c2)cn1. The molecule has 5 nitrogen and oxygen atoms in total. The van der Waals surface area contributed by atoms with E-state index in [-0.39, 0.29) is 11.4 Å².